The highest BCUT2D eigenvalue weighted by Crippen LogP contribution is 2.32. The normalized spacial score (nSPS) is 21.7. The van der Waals surface area contributed by atoms with Crippen LogP contribution >= 0.6 is 0 Å². The second kappa shape index (κ2) is 11.8. The van der Waals surface area contributed by atoms with Gasteiger partial charge in [-0.25, -0.2) is 19.7 Å². The number of benzene rings is 1. The second-order valence-corrected chi connectivity index (χ2v) is 11.5. The van der Waals surface area contributed by atoms with E-state index in [0.29, 0.717) is 36.7 Å². The van der Waals surface area contributed by atoms with Gasteiger partial charge < -0.3 is 31.3 Å². The van der Waals surface area contributed by atoms with Gasteiger partial charge in [0.05, 0.1) is 6.33 Å². The molecule has 0 saturated carbocycles. The number of carbonyl (C=O) groups excluding carboxylic acids is 1. The fourth-order valence-electron chi connectivity index (χ4n) is 4.75. The Labute approximate surface area is 228 Å². The number of carbonyl (C=O) groups is 1. The van der Waals surface area contributed by atoms with Crippen LogP contribution in [0.5, 0.6) is 0 Å². The van der Waals surface area contributed by atoms with E-state index in [0.717, 1.165) is 12.2 Å². The highest BCUT2D eigenvalue weighted by atomic mass is 16.6. The second-order valence-electron chi connectivity index (χ2n) is 11.5. The van der Waals surface area contributed by atoms with Crippen LogP contribution in [-0.4, -0.2) is 85.2 Å². The van der Waals surface area contributed by atoms with Crippen LogP contribution in [-0.2, 0) is 10.2 Å². The molecule has 2 amide bonds. The van der Waals surface area contributed by atoms with Crippen molar-refractivity contribution in [1.82, 2.24) is 29.7 Å². The van der Waals surface area contributed by atoms with Crippen LogP contribution in [0.15, 0.2) is 36.9 Å². The van der Waals surface area contributed by atoms with Crippen molar-refractivity contribution in [2.45, 2.75) is 64.6 Å². The van der Waals surface area contributed by atoms with E-state index >= 15 is 0 Å². The zero-order valence-electron chi connectivity index (χ0n) is 23.2. The number of fused-ring (bicyclic) bond motifs is 1. The average Bonchev–Trinajstić information content (AvgIpc) is 3.41. The lowest BCUT2D eigenvalue weighted by Gasteiger charge is -2.28. The maximum Gasteiger partial charge on any atom is 0.319 e. The van der Waals surface area contributed by atoms with Crippen molar-refractivity contribution in [1.29, 1.82) is 0 Å². The number of aliphatic hydroxyl groups is 2. The number of nitrogen functional groups attached to an aromatic ring is 1. The van der Waals surface area contributed by atoms with Crippen LogP contribution in [0.25, 0.3) is 11.2 Å². The topological polar surface area (TPSA) is 164 Å². The van der Waals surface area contributed by atoms with Crippen LogP contribution in [0.1, 0.15) is 46.4 Å². The Bertz CT molecular complexity index is 1260. The highest BCUT2D eigenvalue weighted by molar-refractivity contribution is 5.89. The van der Waals surface area contributed by atoms with Crippen molar-refractivity contribution < 1.29 is 19.7 Å². The smallest absolute Gasteiger partial charge is 0.319 e. The molecule has 12 heteroatoms. The molecule has 39 heavy (non-hydrogen) atoms. The molecule has 0 aliphatic carbocycles. The fraction of sp³-hybridized carbons (Fsp3) is 0.556. The van der Waals surface area contributed by atoms with Gasteiger partial charge in [-0.1, -0.05) is 46.8 Å². The number of aliphatic hydroxyl groups excluding tert-OH is 2. The molecule has 1 fully saturated rings. The van der Waals surface area contributed by atoms with Crippen LogP contribution < -0.4 is 16.4 Å². The Kier molecular flexibility index (Phi) is 8.70. The summed E-state index contributed by atoms with van der Waals surface area (Å²) in [6, 6.07) is 7.54. The van der Waals surface area contributed by atoms with Gasteiger partial charge in [0.2, 0.25) is 0 Å². The van der Waals surface area contributed by atoms with Crippen molar-refractivity contribution in [2.24, 2.45) is 5.92 Å². The van der Waals surface area contributed by atoms with Crippen LogP contribution in [0.2, 0.25) is 0 Å². The van der Waals surface area contributed by atoms with Crippen molar-refractivity contribution in [3.63, 3.8) is 0 Å². The Balaban J connectivity index is 1.33. The molecule has 1 saturated heterocycles. The minimum absolute atomic E-state index is 0.0439. The summed E-state index contributed by atoms with van der Waals surface area (Å²) in [7, 11) is 0. The van der Waals surface area contributed by atoms with Gasteiger partial charge in [0.1, 0.15) is 30.2 Å². The van der Waals surface area contributed by atoms with Gasteiger partial charge in [0, 0.05) is 31.9 Å². The van der Waals surface area contributed by atoms with Crippen LogP contribution in [0.4, 0.5) is 16.3 Å². The average molecular weight is 541 g/mol. The Hall–Kier alpha value is -3.32. The third-order valence-corrected chi connectivity index (χ3v) is 6.78. The van der Waals surface area contributed by atoms with Gasteiger partial charge in [-0.2, -0.15) is 0 Å². The van der Waals surface area contributed by atoms with E-state index in [1.165, 1.54) is 18.2 Å². The summed E-state index contributed by atoms with van der Waals surface area (Å²) >= 11 is 0. The molecular formula is C27H40N8O4. The summed E-state index contributed by atoms with van der Waals surface area (Å²) < 4.78 is 7.67. The van der Waals surface area contributed by atoms with Gasteiger partial charge in [0.15, 0.2) is 17.7 Å². The lowest BCUT2D eigenvalue weighted by atomic mass is 9.87. The summed E-state index contributed by atoms with van der Waals surface area (Å²) in [5, 5.41) is 27.4. The summed E-state index contributed by atoms with van der Waals surface area (Å²) in [5.74, 6) is 0.571. The molecule has 3 aromatic rings. The van der Waals surface area contributed by atoms with Crippen molar-refractivity contribution in [2.75, 3.05) is 37.2 Å². The molecular weight excluding hydrogens is 500 g/mol. The van der Waals surface area contributed by atoms with Gasteiger partial charge in [-0.05, 0) is 29.0 Å². The molecule has 2 aromatic heterocycles. The summed E-state index contributed by atoms with van der Waals surface area (Å²) in [6.07, 6.45) is -1.04. The molecule has 212 valence electrons. The number of aromatic nitrogens is 4. The van der Waals surface area contributed by atoms with E-state index in [1.807, 2.05) is 24.3 Å². The Morgan fingerprint density at radius 3 is 2.54 bits per heavy atom. The first-order valence-electron chi connectivity index (χ1n) is 13.3. The third kappa shape index (κ3) is 6.82. The van der Waals surface area contributed by atoms with E-state index in [2.05, 4.69) is 65.1 Å². The number of imidazole rings is 1. The fourth-order valence-corrected chi connectivity index (χ4v) is 4.75. The lowest BCUT2D eigenvalue weighted by Crippen LogP contribution is -2.44. The molecule has 4 unspecified atom stereocenters. The van der Waals surface area contributed by atoms with Gasteiger partial charge >= 0.3 is 6.03 Å². The quantitative estimate of drug-likeness (QED) is 0.273. The minimum Gasteiger partial charge on any atom is -0.387 e. The third-order valence-electron chi connectivity index (χ3n) is 6.78. The van der Waals surface area contributed by atoms with Gasteiger partial charge in [0.25, 0.3) is 0 Å². The number of urea groups is 1. The first kappa shape index (κ1) is 28.7. The molecule has 0 radical (unpaired) electrons. The molecule has 1 aliphatic rings. The van der Waals surface area contributed by atoms with Crippen LogP contribution in [0, 0.1) is 5.92 Å². The molecule has 4 rings (SSSR count). The number of rotatable bonds is 9. The Morgan fingerprint density at radius 1 is 1.15 bits per heavy atom. The number of nitrogens with two attached hydrogens (primary N) is 1. The molecule has 0 bridgehead atoms. The predicted molar refractivity (Wildman–Crippen MR) is 149 cm³/mol. The molecule has 3 heterocycles. The zero-order chi connectivity index (χ0) is 28.3. The van der Waals surface area contributed by atoms with Crippen molar-refractivity contribution in [3.8, 4) is 0 Å². The van der Waals surface area contributed by atoms with Gasteiger partial charge in [-0.3, -0.25) is 9.47 Å². The highest BCUT2D eigenvalue weighted by Gasteiger charge is 2.44. The molecule has 1 aromatic carbocycles. The largest absolute Gasteiger partial charge is 0.387 e. The molecule has 6 N–H and O–H groups in total. The summed E-state index contributed by atoms with van der Waals surface area (Å²) in [5.41, 5.74) is 8.67. The molecule has 12 nitrogen and oxygen atoms in total. The van der Waals surface area contributed by atoms with E-state index in [1.54, 1.807) is 4.57 Å². The first-order valence-corrected chi connectivity index (χ1v) is 13.3. The predicted octanol–water partition coefficient (Wildman–Crippen LogP) is 2.10. The van der Waals surface area contributed by atoms with Crippen molar-refractivity contribution in [3.05, 3.63) is 42.5 Å². The summed E-state index contributed by atoms with van der Waals surface area (Å²) in [6.45, 7) is 12.7. The number of nitrogens with zero attached hydrogens (tertiary/aromatic N) is 5. The SMILES string of the molecule is CC(C)CN(CCNC(=O)Nc1ccc(C(C)(C)C)cc1)CC1OC(n2cnc3c(N)ncnc32)C(O)C1O. The van der Waals surface area contributed by atoms with E-state index in [4.69, 9.17) is 10.5 Å². The minimum atomic E-state index is -1.18. The lowest BCUT2D eigenvalue weighted by molar-refractivity contribution is -0.0447. The molecule has 1 aliphatic heterocycles. The number of anilines is 2. The number of hydrogen-bond acceptors (Lipinski definition) is 9. The zero-order valence-corrected chi connectivity index (χ0v) is 23.2. The maximum absolute atomic E-state index is 12.5. The maximum atomic E-state index is 12.5. The van der Waals surface area contributed by atoms with E-state index in [-0.39, 0.29) is 17.3 Å². The van der Waals surface area contributed by atoms with Gasteiger partial charge in [-0.15, -0.1) is 0 Å². The molecule has 0 spiro atoms. The summed E-state index contributed by atoms with van der Waals surface area (Å²) in [4.78, 5) is 27.0. The van der Waals surface area contributed by atoms with Crippen molar-refractivity contribution >= 4 is 28.7 Å². The standard InChI is InChI=1S/C27H40N8O4/c1-16(2)12-34(11-10-29-26(38)33-18-8-6-17(7-9-18)27(3,4)5)13-19-21(36)22(37)25(39-19)35-15-32-20-23(28)30-14-31-24(20)35/h6-9,14-16,19,21-22,25,36-37H,10-13H2,1-5H3,(H2,28,30,31)(H2,29,33,38). The number of amides is 2. The Morgan fingerprint density at radius 2 is 1.87 bits per heavy atom. The monoisotopic (exact) mass is 540 g/mol. The number of nitrogens with one attached hydrogen (secondary N) is 2. The molecule has 4 atom stereocenters. The van der Waals surface area contributed by atoms with E-state index in [9.17, 15) is 15.0 Å². The first-order chi connectivity index (χ1) is 18.4. The number of hydrogen-bond donors (Lipinski definition) is 5. The number of ether oxygens (including phenoxy) is 1. The van der Waals surface area contributed by atoms with E-state index < -0.39 is 24.5 Å². The van der Waals surface area contributed by atoms with Crippen LogP contribution in [0.3, 0.4) is 0 Å².